The van der Waals surface area contributed by atoms with Crippen LogP contribution in [0.25, 0.3) is 0 Å². The van der Waals surface area contributed by atoms with Gasteiger partial charge in [0.2, 0.25) is 0 Å². The Morgan fingerprint density at radius 3 is 2.94 bits per heavy atom. The largest absolute Gasteiger partial charge is 0.382 e. The van der Waals surface area contributed by atoms with Crippen LogP contribution in [0.4, 0.5) is 5.82 Å². The molecule has 92 valence electrons. The van der Waals surface area contributed by atoms with E-state index in [4.69, 9.17) is 5.73 Å². The molecule has 1 amide bonds. The molecule has 17 heavy (non-hydrogen) atoms. The summed E-state index contributed by atoms with van der Waals surface area (Å²) >= 11 is 0. The third kappa shape index (κ3) is 2.38. The van der Waals surface area contributed by atoms with Crippen LogP contribution < -0.4 is 5.73 Å². The zero-order valence-electron chi connectivity index (χ0n) is 10.3. The molecule has 0 spiro atoms. The number of hydrogen-bond acceptors (Lipinski definition) is 4. The van der Waals surface area contributed by atoms with E-state index >= 15 is 0 Å². The van der Waals surface area contributed by atoms with Crippen LogP contribution in [0, 0.1) is 5.92 Å². The second kappa shape index (κ2) is 4.69. The molecule has 1 unspecified atom stereocenters. The molecule has 0 saturated carbocycles. The van der Waals surface area contributed by atoms with Crippen LogP contribution in [-0.4, -0.2) is 33.4 Å². The third-order valence-corrected chi connectivity index (χ3v) is 3.20. The summed E-state index contributed by atoms with van der Waals surface area (Å²) in [4.78, 5) is 22.1. The summed E-state index contributed by atoms with van der Waals surface area (Å²) in [6, 6.07) is 0.311. The van der Waals surface area contributed by atoms with Crippen LogP contribution in [-0.2, 0) is 0 Å². The molecule has 2 N–H and O–H groups in total. The molecule has 5 nitrogen and oxygen atoms in total. The fraction of sp³-hybridized carbons (Fsp3) is 0.583. The van der Waals surface area contributed by atoms with Crippen LogP contribution in [0.15, 0.2) is 12.4 Å². The van der Waals surface area contributed by atoms with E-state index in [-0.39, 0.29) is 11.7 Å². The molecule has 1 aliphatic rings. The molecule has 2 heterocycles. The molecule has 1 aliphatic heterocycles. The number of hydrogen-bond donors (Lipinski definition) is 1. The van der Waals surface area contributed by atoms with Crippen molar-refractivity contribution in [3.8, 4) is 0 Å². The highest BCUT2D eigenvalue weighted by atomic mass is 16.2. The lowest BCUT2D eigenvalue weighted by molar-refractivity contribution is 0.0695. The first-order valence-electron chi connectivity index (χ1n) is 5.98. The summed E-state index contributed by atoms with van der Waals surface area (Å²) in [5.41, 5.74) is 5.89. The minimum Gasteiger partial charge on any atom is -0.382 e. The minimum absolute atomic E-state index is 0.0546. The van der Waals surface area contributed by atoms with E-state index in [1.807, 2.05) is 4.90 Å². The summed E-state index contributed by atoms with van der Waals surface area (Å²) in [7, 11) is 0. The Hall–Kier alpha value is -1.65. The first-order valence-corrected chi connectivity index (χ1v) is 5.98. The van der Waals surface area contributed by atoms with Crippen LogP contribution >= 0.6 is 0 Å². The smallest absolute Gasteiger partial charge is 0.274 e. The van der Waals surface area contributed by atoms with Gasteiger partial charge in [-0.2, -0.15) is 0 Å². The maximum absolute atomic E-state index is 12.3. The molecular formula is C12H18N4O. The van der Waals surface area contributed by atoms with Gasteiger partial charge in [-0.15, -0.1) is 0 Å². The van der Waals surface area contributed by atoms with E-state index in [1.165, 1.54) is 12.4 Å². The number of rotatable bonds is 2. The van der Waals surface area contributed by atoms with Gasteiger partial charge in [0, 0.05) is 12.6 Å². The predicted molar refractivity (Wildman–Crippen MR) is 65.3 cm³/mol. The van der Waals surface area contributed by atoms with E-state index in [2.05, 4.69) is 23.8 Å². The SMILES string of the molecule is CC(C)C1CCCN1C(=O)c1cncc(N)n1. The quantitative estimate of drug-likeness (QED) is 0.837. The Morgan fingerprint density at radius 1 is 1.53 bits per heavy atom. The average Bonchev–Trinajstić information content (AvgIpc) is 2.77. The predicted octanol–water partition coefficient (Wildman–Crippen LogP) is 1.32. The molecule has 1 saturated heterocycles. The van der Waals surface area contributed by atoms with E-state index in [0.717, 1.165) is 19.4 Å². The van der Waals surface area contributed by atoms with Gasteiger partial charge in [0.15, 0.2) is 0 Å². The molecule has 1 fully saturated rings. The number of likely N-dealkylation sites (tertiary alicyclic amines) is 1. The van der Waals surface area contributed by atoms with E-state index in [0.29, 0.717) is 17.7 Å². The summed E-state index contributed by atoms with van der Waals surface area (Å²) in [5, 5.41) is 0. The number of nitrogens with zero attached hydrogens (tertiary/aromatic N) is 3. The minimum atomic E-state index is -0.0546. The van der Waals surface area contributed by atoms with Gasteiger partial charge in [0.1, 0.15) is 11.5 Å². The highest BCUT2D eigenvalue weighted by molar-refractivity contribution is 5.92. The molecule has 5 heteroatoms. The Labute approximate surface area is 101 Å². The van der Waals surface area contributed by atoms with Gasteiger partial charge in [-0.05, 0) is 18.8 Å². The number of nitrogen functional groups attached to an aromatic ring is 1. The average molecular weight is 234 g/mol. The standard InChI is InChI=1S/C12H18N4O/c1-8(2)10-4-3-5-16(10)12(17)9-6-14-7-11(13)15-9/h6-8,10H,3-5H2,1-2H3,(H2,13,15). The number of amides is 1. The molecule has 0 aromatic carbocycles. The number of carbonyl (C=O) groups is 1. The van der Waals surface area contributed by atoms with Gasteiger partial charge < -0.3 is 10.6 Å². The van der Waals surface area contributed by atoms with Crippen molar-refractivity contribution < 1.29 is 4.79 Å². The van der Waals surface area contributed by atoms with Crippen LogP contribution in [0.5, 0.6) is 0 Å². The molecule has 0 aliphatic carbocycles. The van der Waals surface area contributed by atoms with Crippen molar-refractivity contribution in [3.63, 3.8) is 0 Å². The van der Waals surface area contributed by atoms with E-state index in [9.17, 15) is 4.79 Å². The second-order valence-electron chi connectivity index (χ2n) is 4.78. The van der Waals surface area contributed by atoms with Crippen molar-refractivity contribution in [2.45, 2.75) is 32.7 Å². The zero-order chi connectivity index (χ0) is 12.4. The first-order chi connectivity index (χ1) is 8.09. The van der Waals surface area contributed by atoms with Gasteiger partial charge in [-0.25, -0.2) is 4.98 Å². The van der Waals surface area contributed by atoms with Crippen molar-refractivity contribution in [1.29, 1.82) is 0 Å². The number of carbonyl (C=O) groups excluding carboxylic acids is 1. The topological polar surface area (TPSA) is 72.1 Å². The highest BCUT2D eigenvalue weighted by Crippen LogP contribution is 2.25. The van der Waals surface area contributed by atoms with Crippen molar-refractivity contribution in [2.24, 2.45) is 5.92 Å². The maximum Gasteiger partial charge on any atom is 0.274 e. The van der Waals surface area contributed by atoms with Crippen LogP contribution in [0.1, 0.15) is 37.2 Å². The van der Waals surface area contributed by atoms with Gasteiger partial charge >= 0.3 is 0 Å². The fourth-order valence-corrected chi connectivity index (χ4v) is 2.37. The Balaban J connectivity index is 2.20. The molecule has 1 aromatic heterocycles. The van der Waals surface area contributed by atoms with Gasteiger partial charge in [-0.1, -0.05) is 13.8 Å². The number of nitrogens with two attached hydrogens (primary N) is 1. The lowest BCUT2D eigenvalue weighted by atomic mass is 10.0. The Morgan fingerprint density at radius 2 is 2.29 bits per heavy atom. The summed E-state index contributed by atoms with van der Waals surface area (Å²) < 4.78 is 0. The van der Waals surface area contributed by atoms with Crippen LogP contribution in [0.2, 0.25) is 0 Å². The van der Waals surface area contributed by atoms with E-state index in [1.54, 1.807) is 0 Å². The van der Waals surface area contributed by atoms with E-state index < -0.39 is 0 Å². The molecule has 1 atom stereocenters. The number of anilines is 1. The monoisotopic (exact) mass is 234 g/mol. The Bertz CT molecular complexity index is 419. The normalized spacial score (nSPS) is 19.9. The van der Waals surface area contributed by atoms with Gasteiger partial charge in [0.25, 0.3) is 5.91 Å². The second-order valence-corrected chi connectivity index (χ2v) is 4.78. The van der Waals surface area contributed by atoms with Crippen molar-refractivity contribution >= 4 is 11.7 Å². The van der Waals surface area contributed by atoms with Crippen molar-refractivity contribution in [3.05, 3.63) is 18.1 Å². The zero-order valence-corrected chi connectivity index (χ0v) is 10.3. The summed E-state index contributed by atoms with van der Waals surface area (Å²) in [5.74, 6) is 0.701. The third-order valence-electron chi connectivity index (χ3n) is 3.20. The van der Waals surface area contributed by atoms with Gasteiger partial charge in [0.05, 0.1) is 12.4 Å². The van der Waals surface area contributed by atoms with Gasteiger partial charge in [-0.3, -0.25) is 9.78 Å². The molecule has 1 aromatic rings. The Kier molecular flexibility index (Phi) is 3.26. The summed E-state index contributed by atoms with van der Waals surface area (Å²) in [6.07, 6.45) is 5.05. The molecular weight excluding hydrogens is 216 g/mol. The fourth-order valence-electron chi connectivity index (χ4n) is 2.37. The highest BCUT2D eigenvalue weighted by Gasteiger charge is 2.32. The van der Waals surface area contributed by atoms with Crippen LogP contribution in [0.3, 0.4) is 0 Å². The number of aromatic nitrogens is 2. The molecule has 0 radical (unpaired) electrons. The lowest BCUT2D eigenvalue weighted by Crippen LogP contribution is -2.39. The summed E-state index contributed by atoms with van der Waals surface area (Å²) in [6.45, 7) is 5.08. The molecule has 2 rings (SSSR count). The molecule has 0 bridgehead atoms. The lowest BCUT2D eigenvalue weighted by Gasteiger charge is -2.27. The van der Waals surface area contributed by atoms with Crippen molar-refractivity contribution in [2.75, 3.05) is 12.3 Å². The first kappa shape index (κ1) is 11.8. The maximum atomic E-state index is 12.3. The van der Waals surface area contributed by atoms with Crippen molar-refractivity contribution in [1.82, 2.24) is 14.9 Å².